The molecule has 0 saturated heterocycles. The number of aromatic nitrogens is 4. The summed E-state index contributed by atoms with van der Waals surface area (Å²) in [5.74, 6) is -0.425. The van der Waals surface area contributed by atoms with Crippen LogP contribution in [-0.2, 0) is 17.9 Å². The van der Waals surface area contributed by atoms with Crippen molar-refractivity contribution in [2.24, 2.45) is 0 Å². The van der Waals surface area contributed by atoms with Crippen LogP contribution >= 0.6 is 11.6 Å². The lowest BCUT2D eigenvalue weighted by molar-refractivity contribution is -0.389. The summed E-state index contributed by atoms with van der Waals surface area (Å²) < 4.78 is 3.16. The Hall–Kier alpha value is -3.20. The molecule has 0 saturated carbocycles. The maximum Gasteiger partial charge on any atom is 0.390 e. The van der Waals surface area contributed by atoms with Gasteiger partial charge in [-0.3, -0.25) is 9.48 Å². The summed E-state index contributed by atoms with van der Waals surface area (Å²) in [7, 11) is 0. The van der Waals surface area contributed by atoms with Gasteiger partial charge in [0.15, 0.2) is 0 Å². The first-order valence-electron chi connectivity index (χ1n) is 8.16. The van der Waals surface area contributed by atoms with Crippen molar-refractivity contribution in [3.8, 4) is 0 Å². The predicted octanol–water partition coefficient (Wildman–Crippen LogP) is 3.03. The first-order chi connectivity index (χ1) is 12.9. The Kier molecular flexibility index (Phi) is 5.51. The second-order valence-electron chi connectivity index (χ2n) is 5.98. The number of rotatable bonds is 7. The third-order valence-corrected chi connectivity index (χ3v) is 4.06. The summed E-state index contributed by atoms with van der Waals surface area (Å²) >= 11 is 5.86. The molecule has 0 spiro atoms. The van der Waals surface area contributed by atoms with E-state index in [0.29, 0.717) is 22.9 Å². The molecular weight excluding hydrogens is 372 g/mol. The fourth-order valence-corrected chi connectivity index (χ4v) is 2.75. The van der Waals surface area contributed by atoms with E-state index in [9.17, 15) is 14.9 Å². The monoisotopic (exact) mass is 388 g/mol. The van der Waals surface area contributed by atoms with Gasteiger partial charge in [-0.15, -0.1) is 0 Å². The quantitative estimate of drug-likeness (QED) is 0.494. The highest BCUT2D eigenvalue weighted by Crippen LogP contribution is 2.15. The van der Waals surface area contributed by atoms with Crippen LogP contribution in [0, 0.1) is 17.0 Å². The lowest BCUT2D eigenvalue weighted by atomic mass is 10.2. The van der Waals surface area contributed by atoms with Gasteiger partial charge in [0, 0.05) is 18.3 Å². The molecule has 1 aromatic carbocycles. The summed E-state index contributed by atoms with van der Waals surface area (Å²) in [6, 6.07) is 8.80. The molecule has 0 aliphatic rings. The van der Waals surface area contributed by atoms with Gasteiger partial charge in [0.1, 0.15) is 0 Å². The second-order valence-corrected chi connectivity index (χ2v) is 6.42. The first kappa shape index (κ1) is 18.6. The Labute approximate surface area is 159 Å². The number of nitrogens with zero attached hydrogens (tertiary/aromatic N) is 5. The zero-order valence-corrected chi connectivity index (χ0v) is 15.3. The maximum atomic E-state index is 12.2. The summed E-state index contributed by atoms with van der Waals surface area (Å²) in [4.78, 5) is 22.4. The third-order valence-electron chi connectivity index (χ3n) is 3.86. The second kappa shape index (κ2) is 8.00. The Balaban J connectivity index is 1.57. The van der Waals surface area contributed by atoms with Crippen molar-refractivity contribution in [2.45, 2.75) is 26.4 Å². The van der Waals surface area contributed by atoms with E-state index in [4.69, 9.17) is 11.6 Å². The number of aryl methyl sites for hydroxylation is 2. The van der Waals surface area contributed by atoms with Gasteiger partial charge < -0.3 is 15.4 Å². The molecule has 0 atom stereocenters. The maximum absolute atomic E-state index is 12.2. The number of hydrogen-bond acceptors (Lipinski definition) is 5. The van der Waals surface area contributed by atoms with E-state index in [0.717, 1.165) is 5.56 Å². The largest absolute Gasteiger partial charge is 0.390 e. The summed E-state index contributed by atoms with van der Waals surface area (Å²) in [6.07, 6.45) is 3.44. The van der Waals surface area contributed by atoms with Crippen LogP contribution < -0.4 is 5.32 Å². The molecule has 10 heteroatoms. The zero-order chi connectivity index (χ0) is 19.4. The number of nitro groups is 1. The number of halogens is 1. The molecular formula is C17H17ClN6O3. The molecule has 0 unspecified atom stereocenters. The van der Waals surface area contributed by atoms with Crippen LogP contribution in [0.15, 0.2) is 42.7 Å². The molecule has 3 aromatic rings. The number of nitrogens with one attached hydrogen (secondary N) is 1. The average Bonchev–Trinajstić information content (AvgIpc) is 3.19. The van der Waals surface area contributed by atoms with Crippen molar-refractivity contribution >= 4 is 29.0 Å². The Morgan fingerprint density at radius 2 is 2.19 bits per heavy atom. The number of anilines is 1. The van der Waals surface area contributed by atoms with Crippen LogP contribution in [-0.4, -0.2) is 30.4 Å². The van der Waals surface area contributed by atoms with E-state index < -0.39 is 4.92 Å². The van der Waals surface area contributed by atoms with E-state index in [-0.39, 0.29) is 24.7 Å². The van der Waals surface area contributed by atoms with E-state index >= 15 is 0 Å². The number of hydrogen-bond donors (Lipinski definition) is 1. The SMILES string of the molecule is Cc1cc([N+](=O)[O-])nn1CCC(=O)Nc1cccc(Cn2cc(Cl)cn2)c1. The number of carbonyl (C=O) groups excluding carboxylic acids is 1. The predicted molar refractivity (Wildman–Crippen MR) is 99.6 cm³/mol. The Morgan fingerprint density at radius 1 is 1.37 bits per heavy atom. The first-order valence-corrected chi connectivity index (χ1v) is 8.54. The van der Waals surface area contributed by atoms with Gasteiger partial charge in [-0.1, -0.05) is 23.7 Å². The molecule has 2 aromatic heterocycles. The molecule has 9 nitrogen and oxygen atoms in total. The van der Waals surface area contributed by atoms with Gasteiger partial charge in [0.2, 0.25) is 5.91 Å². The average molecular weight is 389 g/mol. The van der Waals surface area contributed by atoms with E-state index in [1.165, 1.54) is 10.7 Å². The topological polar surface area (TPSA) is 108 Å². The van der Waals surface area contributed by atoms with Gasteiger partial charge in [-0.25, -0.2) is 0 Å². The molecule has 0 fully saturated rings. The molecule has 3 rings (SSSR count). The number of amides is 1. The van der Waals surface area contributed by atoms with E-state index in [1.807, 2.05) is 18.2 Å². The fraction of sp³-hybridized carbons (Fsp3) is 0.235. The zero-order valence-electron chi connectivity index (χ0n) is 14.5. The molecule has 1 amide bonds. The minimum absolute atomic E-state index is 0.151. The van der Waals surface area contributed by atoms with Crippen molar-refractivity contribution in [2.75, 3.05) is 5.32 Å². The van der Waals surface area contributed by atoms with E-state index in [1.54, 1.807) is 30.1 Å². The highest BCUT2D eigenvalue weighted by Gasteiger charge is 2.16. The normalized spacial score (nSPS) is 10.7. The standard InChI is InChI=1S/C17H17ClN6O3/c1-12-7-16(24(26)27)21-23(12)6-5-17(25)20-15-4-2-3-13(8-15)10-22-11-14(18)9-19-22/h2-4,7-9,11H,5-6,10H2,1H3,(H,20,25). The van der Waals surface area contributed by atoms with Crippen LogP contribution in [0.3, 0.4) is 0 Å². The molecule has 140 valence electrons. The highest BCUT2D eigenvalue weighted by molar-refractivity contribution is 6.30. The molecule has 0 aliphatic carbocycles. The Bertz CT molecular complexity index is 981. The van der Waals surface area contributed by atoms with Crippen molar-refractivity contribution in [3.63, 3.8) is 0 Å². The van der Waals surface area contributed by atoms with Crippen LogP contribution in [0.4, 0.5) is 11.5 Å². The minimum atomic E-state index is -0.554. The van der Waals surface area contributed by atoms with Gasteiger partial charge in [0.05, 0.1) is 41.2 Å². The number of benzene rings is 1. The van der Waals surface area contributed by atoms with Crippen molar-refractivity contribution in [1.29, 1.82) is 0 Å². The van der Waals surface area contributed by atoms with Crippen LogP contribution in [0.25, 0.3) is 0 Å². The molecule has 2 heterocycles. The van der Waals surface area contributed by atoms with Gasteiger partial charge in [0.25, 0.3) is 0 Å². The smallest absolute Gasteiger partial charge is 0.358 e. The molecule has 0 radical (unpaired) electrons. The Morgan fingerprint density at radius 3 is 2.85 bits per heavy atom. The lowest BCUT2D eigenvalue weighted by Gasteiger charge is -2.08. The van der Waals surface area contributed by atoms with Crippen molar-refractivity contribution in [3.05, 3.63) is 69.1 Å². The van der Waals surface area contributed by atoms with Crippen LogP contribution in [0.1, 0.15) is 17.7 Å². The highest BCUT2D eigenvalue weighted by atomic mass is 35.5. The van der Waals surface area contributed by atoms with Gasteiger partial charge in [-0.05, 0) is 29.5 Å². The third kappa shape index (κ3) is 4.91. The van der Waals surface area contributed by atoms with Gasteiger partial charge >= 0.3 is 5.82 Å². The summed E-state index contributed by atoms with van der Waals surface area (Å²) in [5, 5.41) is 22.1. The minimum Gasteiger partial charge on any atom is -0.358 e. The summed E-state index contributed by atoms with van der Waals surface area (Å²) in [5.41, 5.74) is 2.26. The van der Waals surface area contributed by atoms with Crippen molar-refractivity contribution in [1.82, 2.24) is 19.6 Å². The molecule has 1 N–H and O–H groups in total. The molecule has 0 aliphatic heterocycles. The van der Waals surface area contributed by atoms with Gasteiger partial charge in [-0.2, -0.15) is 9.78 Å². The van der Waals surface area contributed by atoms with Crippen LogP contribution in [0.5, 0.6) is 0 Å². The van der Waals surface area contributed by atoms with Crippen molar-refractivity contribution < 1.29 is 9.72 Å². The fourth-order valence-electron chi connectivity index (χ4n) is 2.60. The lowest BCUT2D eigenvalue weighted by Crippen LogP contribution is -2.15. The molecule has 27 heavy (non-hydrogen) atoms. The summed E-state index contributed by atoms with van der Waals surface area (Å²) in [6.45, 7) is 2.51. The number of carbonyl (C=O) groups is 1. The van der Waals surface area contributed by atoms with Crippen LogP contribution in [0.2, 0.25) is 5.02 Å². The molecule has 0 bridgehead atoms. The van der Waals surface area contributed by atoms with E-state index in [2.05, 4.69) is 15.5 Å².